The lowest BCUT2D eigenvalue weighted by molar-refractivity contribution is -0.137. The number of carbonyl (C=O) groups excluding carboxylic acids is 1. The summed E-state index contributed by atoms with van der Waals surface area (Å²) in [4.78, 5) is 19.2. The third kappa shape index (κ3) is 5.47. The van der Waals surface area contributed by atoms with E-state index < -0.39 is 11.7 Å². The molecule has 0 spiro atoms. The second-order valence-electron chi connectivity index (χ2n) is 8.89. The highest BCUT2D eigenvalue weighted by molar-refractivity contribution is 5.95. The highest BCUT2D eigenvalue weighted by Gasteiger charge is 2.31. The first-order valence-corrected chi connectivity index (χ1v) is 11.4. The molecular weight excluding hydrogens is 443 g/mol. The zero-order valence-corrected chi connectivity index (χ0v) is 19.3. The summed E-state index contributed by atoms with van der Waals surface area (Å²) in [6, 6.07) is 10.3. The van der Waals surface area contributed by atoms with Crippen molar-refractivity contribution < 1.29 is 18.0 Å². The van der Waals surface area contributed by atoms with Gasteiger partial charge in [0, 0.05) is 25.8 Å². The monoisotopic (exact) mass is 471 g/mol. The Morgan fingerprint density at radius 1 is 1.15 bits per heavy atom. The highest BCUT2D eigenvalue weighted by atomic mass is 19.4. The van der Waals surface area contributed by atoms with Crippen LogP contribution in [0.1, 0.15) is 52.5 Å². The molecule has 34 heavy (non-hydrogen) atoms. The Morgan fingerprint density at radius 2 is 1.91 bits per heavy atom. The summed E-state index contributed by atoms with van der Waals surface area (Å²) in [5, 5.41) is 7.12. The fourth-order valence-corrected chi connectivity index (χ4v) is 4.37. The maximum Gasteiger partial charge on any atom is 0.417 e. The van der Waals surface area contributed by atoms with E-state index in [0.29, 0.717) is 23.7 Å². The van der Waals surface area contributed by atoms with Gasteiger partial charge in [-0.25, -0.2) is 9.67 Å². The van der Waals surface area contributed by atoms with Gasteiger partial charge in [0.1, 0.15) is 0 Å². The van der Waals surface area contributed by atoms with Crippen molar-refractivity contribution in [1.29, 1.82) is 0 Å². The molecule has 1 aromatic carbocycles. The molecule has 0 radical (unpaired) electrons. The fourth-order valence-electron chi connectivity index (χ4n) is 4.37. The van der Waals surface area contributed by atoms with Crippen LogP contribution in [0.15, 0.2) is 48.8 Å². The van der Waals surface area contributed by atoms with Crippen LogP contribution >= 0.6 is 0 Å². The Balaban J connectivity index is 1.43. The van der Waals surface area contributed by atoms with E-state index in [0.717, 1.165) is 37.5 Å². The molecule has 4 rings (SSSR count). The largest absolute Gasteiger partial charge is 0.417 e. The van der Waals surface area contributed by atoms with Crippen LogP contribution in [0.3, 0.4) is 0 Å². The lowest BCUT2D eigenvalue weighted by atomic mass is 9.99. The molecule has 180 valence electrons. The van der Waals surface area contributed by atoms with E-state index in [1.54, 1.807) is 6.92 Å². The summed E-state index contributed by atoms with van der Waals surface area (Å²) < 4.78 is 39.7. The topological polar surface area (TPSA) is 63.1 Å². The van der Waals surface area contributed by atoms with Crippen LogP contribution in [-0.4, -0.2) is 38.7 Å². The van der Waals surface area contributed by atoms with Gasteiger partial charge in [-0.2, -0.15) is 18.3 Å². The molecule has 0 bridgehead atoms. The molecule has 1 atom stereocenters. The number of carbonyl (C=O) groups is 1. The van der Waals surface area contributed by atoms with Crippen LogP contribution in [0.5, 0.6) is 0 Å². The van der Waals surface area contributed by atoms with Crippen molar-refractivity contribution >= 4 is 5.91 Å². The van der Waals surface area contributed by atoms with Crippen molar-refractivity contribution in [3.8, 4) is 5.82 Å². The number of hydrogen-bond donors (Lipinski definition) is 1. The zero-order chi connectivity index (χ0) is 24.3. The van der Waals surface area contributed by atoms with Gasteiger partial charge in [0.05, 0.1) is 23.0 Å². The van der Waals surface area contributed by atoms with Crippen molar-refractivity contribution in [2.45, 2.75) is 46.0 Å². The molecule has 1 amide bonds. The SMILES string of the molecule is Cc1c(C(=O)NCc2ccccc2CN2CCCC(C)C2)cnn1-c1ccc(C(F)(F)F)cn1. The van der Waals surface area contributed by atoms with Crippen molar-refractivity contribution in [2.24, 2.45) is 5.92 Å². The molecule has 6 nitrogen and oxygen atoms in total. The molecule has 1 aliphatic heterocycles. The second-order valence-corrected chi connectivity index (χ2v) is 8.89. The van der Waals surface area contributed by atoms with Gasteiger partial charge in [0.2, 0.25) is 0 Å². The Morgan fingerprint density at radius 3 is 2.59 bits per heavy atom. The standard InChI is InChI=1S/C25H28F3N5O/c1-17-6-5-11-32(15-17)16-20-8-4-3-7-19(20)12-30-24(34)22-14-31-33(18(22)2)23-10-9-21(13-29-23)25(26,27)28/h3-4,7-10,13-14,17H,5-6,11-12,15-16H2,1-2H3,(H,30,34). The smallest absolute Gasteiger partial charge is 0.348 e. The molecule has 2 aromatic heterocycles. The summed E-state index contributed by atoms with van der Waals surface area (Å²) in [7, 11) is 0. The normalized spacial score (nSPS) is 17.0. The predicted molar refractivity (Wildman–Crippen MR) is 122 cm³/mol. The van der Waals surface area contributed by atoms with Crippen LogP contribution in [0, 0.1) is 12.8 Å². The lowest BCUT2D eigenvalue weighted by Crippen LogP contribution is -2.34. The number of alkyl halides is 3. The molecule has 1 fully saturated rings. The number of nitrogens with zero attached hydrogens (tertiary/aromatic N) is 4. The fraction of sp³-hybridized carbons (Fsp3) is 0.400. The average molecular weight is 472 g/mol. The van der Waals surface area contributed by atoms with E-state index in [-0.39, 0.29) is 11.7 Å². The van der Waals surface area contributed by atoms with Gasteiger partial charge in [0.15, 0.2) is 5.82 Å². The van der Waals surface area contributed by atoms with Crippen LogP contribution < -0.4 is 5.32 Å². The summed E-state index contributed by atoms with van der Waals surface area (Å²) in [5.41, 5.74) is 2.27. The number of piperidine rings is 1. The van der Waals surface area contributed by atoms with E-state index >= 15 is 0 Å². The first kappa shape index (κ1) is 23.9. The molecule has 3 heterocycles. The van der Waals surface area contributed by atoms with Gasteiger partial charge in [0.25, 0.3) is 5.91 Å². The van der Waals surface area contributed by atoms with Crippen LogP contribution in [0.4, 0.5) is 13.2 Å². The third-order valence-corrected chi connectivity index (χ3v) is 6.24. The predicted octanol–water partition coefficient (Wildman–Crippen LogP) is 4.76. The molecule has 1 saturated heterocycles. The van der Waals surface area contributed by atoms with Crippen molar-refractivity contribution in [1.82, 2.24) is 25.0 Å². The Kier molecular flexibility index (Phi) is 7.02. The van der Waals surface area contributed by atoms with Gasteiger partial charge >= 0.3 is 6.18 Å². The van der Waals surface area contributed by atoms with Gasteiger partial charge < -0.3 is 5.32 Å². The van der Waals surface area contributed by atoms with E-state index in [4.69, 9.17) is 0 Å². The zero-order valence-electron chi connectivity index (χ0n) is 19.3. The average Bonchev–Trinajstić information content (AvgIpc) is 3.19. The quantitative estimate of drug-likeness (QED) is 0.563. The Bertz CT molecular complexity index is 1140. The van der Waals surface area contributed by atoms with Crippen molar-refractivity contribution in [2.75, 3.05) is 13.1 Å². The lowest BCUT2D eigenvalue weighted by Gasteiger charge is -2.31. The Labute approximate surface area is 196 Å². The first-order valence-electron chi connectivity index (χ1n) is 11.4. The van der Waals surface area contributed by atoms with E-state index in [1.165, 1.54) is 35.4 Å². The summed E-state index contributed by atoms with van der Waals surface area (Å²) in [6.07, 6.45) is 0.180. The number of likely N-dealkylation sites (tertiary alicyclic amines) is 1. The summed E-state index contributed by atoms with van der Waals surface area (Å²) in [5.74, 6) is 0.613. The maximum atomic E-state index is 12.9. The number of nitrogens with one attached hydrogen (secondary N) is 1. The van der Waals surface area contributed by atoms with Gasteiger partial charge in [-0.05, 0) is 55.5 Å². The third-order valence-electron chi connectivity index (χ3n) is 6.24. The molecule has 0 aliphatic carbocycles. The minimum atomic E-state index is -4.46. The molecule has 0 saturated carbocycles. The maximum absolute atomic E-state index is 12.9. The van der Waals surface area contributed by atoms with E-state index in [1.807, 2.05) is 18.2 Å². The molecule has 1 unspecified atom stereocenters. The Hall–Kier alpha value is -3.20. The van der Waals surface area contributed by atoms with Gasteiger partial charge in [-0.3, -0.25) is 9.69 Å². The molecule has 1 N–H and O–H groups in total. The van der Waals surface area contributed by atoms with Crippen LogP contribution in [-0.2, 0) is 19.3 Å². The van der Waals surface area contributed by atoms with E-state index in [2.05, 4.69) is 33.3 Å². The first-order chi connectivity index (χ1) is 16.2. The molecule has 1 aliphatic rings. The minimum absolute atomic E-state index is 0.214. The van der Waals surface area contributed by atoms with E-state index in [9.17, 15) is 18.0 Å². The number of benzene rings is 1. The number of hydrogen-bond acceptors (Lipinski definition) is 4. The minimum Gasteiger partial charge on any atom is -0.348 e. The van der Waals surface area contributed by atoms with Crippen LogP contribution in [0.2, 0.25) is 0 Å². The number of amides is 1. The van der Waals surface area contributed by atoms with Gasteiger partial charge in [-0.15, -0.1) is 0 Å². The van der Waals surface area contributed by atoms with Gasteiger partial charge in [-0.1, -0.05) is 31.2 Å². The highest BCUT2D eigenvalue weighted by Crippen LogP contribution is 2.29. The molecule has 9 heteroatoms. The number of aromatic nitrogens is 3. The van der Waals surface area contributed by atoms with Crippen molar-refractivity contribution in [3.05, 3.63) is 76.7 Å². The number of pyridine rings is 1. The van der Waals surface area contributed by atoms with Crippen LogP contribution in [0.25, 0.3) is 5.82 Å². The molecule has 3 aromatic rings. The number of halogens is 3. The van der Waals surface area contributed by atoms with Crippen molar-refractivity contribution in [3.63, 3.8) is 0 Å². The summed E-state index contributed by atoms with van der Waals surface area (Å²) in [6.45, 7) is 7.36. The second kappa shape index (κ2) is 9.97. The molecular formula is C25H28F3N5O. The number of rotatable bonds is 6. The summed E-state index contributed by atoms with van der Waals surface area (Å²) >= 11 is 0.